The van der Waals surface area contributed by atoms with Gasteiger partial charge in [-0.25, -0.2) is 14.4 Å². The van der Waals surface area contributed by atoms with E-state index in [9.17, 15) is 4.39 Å². The molecule has 0 amide bonds. The molecule has 2 aromatic rings. The summed E-state index contributed by atoms with van der Waals surface area (Å²) < 4.78 is 13.2. The normalized spacial score (nSPS) is 10.0. The van der Waals surface area contributed by atoms with Gasteiger partial charge in [0.15, 0.2) is 0 Å². The van der Waals surface area contributed by atoms with E-state index in [0.717, 1.165) is 0 Å². The summed E-state index contributed by atoms with van der Waals surface area (Å²) in [5.41, 5.74) is 0.538. The summed E-state index contributed by atoms with van der Waals surface area (Å²) in [7, 11) is 0. The van der Waals surface area contributed by atoms with Gasteiger partial charge < -0.3 is 5.32 Å². The molecule has 1 aromatic carbocycles. The number of hydrogen-bond donors (Lipinski definition) is 1. The second kappa shape index (κ2) is 5.63. The molecule has 0 aliphatic heterocycles. The number of aromatic nitrogens is 2. The number of benzene rings is 1. The van der Waals surface area contributed by atoms with E-state index in [-0.39, 0.29) is 5.56 Å². The van der Waals surface area contributed by atoms with Crippen molar-refractivity contribution < 1.29 is 4.39 Å². The Bertz CT molecular complexity index is 652. The fraction of sp³-hybridized carbons (Fsp3) is 0.154. The molecular weight excluding hydrogens is 267 g/mol. The van der Waals surface area contributed by atoms with Crippen molar-refractivity contribution in [3.8, 4) is 6.07 Å². The number of aryl methyl sites for hydroxylation is 1. The van der Waals surface area contributed by atoms with Crippen molar-refractivity contribution in [2.24, 2.45) is 0 Å². The van der Waals surface area contributed by atoms with Crippen molar-refractivity contribution >= 4 is 23.1 Å². The van der Waals surface area contributed by atoms with Crippen LogP contribution in [0.4, 0.5) is 15.9 Å². The minimum absolute atomic E-state index is 0.0270. The molecular formula is C13H10ClFN4. The molecule has 0 aliphatic rings. The molecule has 0 unspecified atom stereocenters. The molecule has 1 aromatic heterocycles. The van der Waals surface area contributed by atoms with E-state index in [4.69, 9.17) is 16.9 Å². The third kappa shape index (κ3) is 3.18. The minimum Gasteiger partial charge on any atom is -0.340 e. The van der Waals surface area contributed by atoms with E-state index < -0.39 is 5.82 Å². The topological polar surface area (TPSA) is 61.6 Å². The van der Waals surface area contributed by atoms with Gasteiger partial charge in [0.1, 0.15) is 28.7 Å². The Hall–Kier alpha value is -2.19. The predicted octanol–water partition coefficient (Wildman–Crippen LogP) is 3.45. The van der Waals surface area contributed by atoms with Crippen LogP contribution in [-0.4, -0.2) is 9.97 Å². The van der Waals surface area contributed by atoms with Crippen LogP contribution in [0.25, 0.3) is 0 Å². The summed E-state index contributed by atoms with van der Waals surface area (Å²) in [4.78, 5) is 8.29. The molecule has 4 nitrogen and oxygen atoms in total. The molecule has 0 aliphatic carbocycles. The molecule has 0 spiro atoms. The molecule has 0 atom stereocenters. The van der Waals surface area contributed by atoms with Gasteiger partial charge >= 0.3 is 0 Å². The monoisotopic (exact) mass is 276 g/mol. The van der Waals surface area contributed by atoms with Crippen molar-refractivity contribution in [2.45, 2.75) is 13.3 Å². The van der Waals surface area contributed by atoms with Gasteiger partial charge in [-0.1, -0.05) is 18.5 Å². The quantitative estimate of drug-likeness (QED) is 0.872. The first-order valence-corrected chi connectivity index (χ1v) is 6.00. The minimum atomic E-state index is -0.553. The zero-order valence-corrected chi connectivity index (χ0v) is 10.9. The molecule has 1 heterocycles. The van der Waals surface area contributed by atoms with Crippen LogP contribution in [0.15, 0.2) is 24.3 Å². The van der Waals surface area contributed by atoms with Crippen LogP contribution in [-0.2, 0) is 6.42 Å². The van der Waals surface area contributed by atoms with Gasteiger partial charge in [-0.05, 0) is 18.2 Å². The van der Waals surface area contributed by atoms with Gasteiger partial charge in [0.25, 0.3) is 0 Å². The van der Waals surface area contributed by atoms with E-state index in [0.29, 0.717) is 28.9 Å². The number of nitrogens with zero attached hydrogens (tertiary/aromatic N) is 3. The van der Waals surface area contributed by atoms with E-state index in [1.54, 1.807) is 12.1 Å². The Morgan fingerprint density at radius 2 is 2.16 bits per heavy atom. The summed E-state index contributed by atoms with van der Waals surface area (Å²) in [6, 6.07) is 7.51. The van der Waals surface area contributed by atoms with Crippen molar-refractivity contribution in [3.63, 3.8) is 0 Å². The third-order valence-electron chi connectivity index (χ3n) is 2.42. The highest BCUT2D eigenvalue weighted by Crippen LogP contribution is 2.20. The lowest BCUT2D eigenvalue weighted by atomic mass is 10.2. The van der Waals surface area contributed by atoms with E-state index >= 15 is 0 Å². The Morgan fingerprint density at radius 1 is 1.37 bits per heavy atom. The first-order chi connectivity index (χ1) is 9.12. The van der Waals surface area contributed by atoms with Crippen LogP contribution in [0, 0.1) is 17.1 Å². The standard InChI is InChI=1S/C13H10ClFN4/c1-2-12-18-11(14)6-13(19-12)17-9-3-4-10(15)8(5-9)7-16/h3-6H,2H2,1H3,(H,17,18,19). The summed E-state index contributed by atoms with van der Waals surface area (Å²) in [6.45, 7) is 1.92. The van der Waals surface area contributed by atoms with Crippen LogP contribution < -0.4 is 5.32 Å². The van der Waals surface area contributed by atoms with Gasteiger partial charge in [-0.3, -0.25) is 0 Å². The summed E-state index contributed by atoms with van der Waals surface area (Å²) in [5, 5.41) is 12.1. The summed E-state index contributed by atoms with van der Waals surface area (Å²) >= 11 is 5.88. The highest BCUT2D eigenvalue weighted by molar-refractivity contribution is 6.29. The lowest BCUT2D eigenvalue weighted by Crippen LogP contribution is -2.00. The first kappa shape index (κ1) is 13.2. The van der Waals surface area contributed by atoms with Gasteiger partial charge in [0.05, 0.1) is 5.56 Å². The van der Waals surface area contributed by atoms with E-state index in [1.165, 1.54) is 18.2 Å². The Kier molecular flexibility index (Phi) is 3.93. The molecule has 1 N–H and O–H groups in total. The maximum absolute atomic E-state index is 13.2. The number of anilines is 2. The Labute approximate surface area is 114 Å². The zero-order valence-electron chi connectivity index (χ0n) is 10.1. The van der Waals surface area contributed by atoms with Crippen molar-refractivity contribution in [3.05, 3.63) is 46.6 Å². The molecule has 19 heavy (non-hydrogen) atoms. The van der Waals surface area contributed by atoms with E-state index in [2.05, 4.69) is 15.3 Å². The third-order valence-corrected chi connectivity index (χ3v) is 2.61. The van der Waals surface area contributed by atoms with Gasteiger partial charge in [-0.15, -0.1) is 0 Å². The van der Waals surface area contributed by atoms with Gasteiger partial charge in [-0.2, -0.15) is 5.26 Å². The largest absolute Gasteiger partial charge is 0.340 e. The zero-order chi connectivity index (χ0) is 13.8. The fourth-order valence-electron chi connectivity index (χ4n) is 1.52. The van der Waals surface area contributed by atoms with Crippen LogP contribution >= 0.6 is 11.6 Å². The molecule has 0 radical (unpaired) electrons. The summed E-state index contributed by atoms with van der Waals surface area (Å²) in [5.74, 6) is 0.563. The highest BCUT2D eigenvalue weighted by Gasteiger charge is 2.05. The van der Waals surface area contributed by atoms with Crippen LogP contribution in [0.2, 0.25) is 5.15 Å². The molecule has 96 valence electrons. The van der Waals surface area contributed by atoms with Gasteiger partial charge in [0.2, 0.25) is 0 Å². The molecule has 0 bridgehead atoms. The molecule has 0 saturated heterocycles. The number of nitrogens with one attached hydrogen (secondary N) is 1. The average molecular weight is 277 g/mol. The highest BCUT2D eigenvalue weighted by atomic mass is 35.5. The molecule has 6 heteroatoms. The maximum atomic E-state index is 13.2. The SMILES string of the molecule is CCc1nc(Cl)cc(Nc2ccc(F)c(C#N)c2)n1. The van der Waals surface area contributed by atoms with Crippen LogP contribution in [0.3, 0.4) is 0 Å². The fourth-order valence-corrected chi connectivity index (χ4v) is 1.72. The van der Waals surface area contributed by atoms with Crippen LogP contribution in [0.5, 0.6) is 0 Å². The second-order valence-electron chi connectivity index (χ2n) is 3.78. The van der Waals surface area contributed by atoms with Crippen molar-refractivity contribution in [2.75, 3.05) is 5.32 Å². The second-order valence-corrected chi connectivity index (χ2v) is 4.16. The van der Waals surface area contributed by atoms with Crippen LogP contribution in [0.1, 0.15) is 18.3 Å². The molecule has 0 fully saturated rings. The average Bonchev–Trinajstić information content (AvgIpc) is 2.40. The Balaban J connectivity index is 2.31. The van der Waals surface area contributed by atoms with Crippen molar-refractivity contribution in [1.29, 1.82) is 5.26 Å². The predicted molar refractivity (Wildman–Crippen MR) is 70.8 cm³/mol. The van der Waals surface area contributed by atoms with E-state index in [1.807, 2.05) is 6.92 Å². The maximum Gasteiger partial charge on any atom is 0.141 e. The number of nitriles is 1. The smallest absolute Gasteiger partial charge is 0.141 e. The Morgan fingerprint density at radius 3 is 2.84 bits per heavy atom. The number of hydrogen-bond acceptors (Lipinski definition) is 4. The molecule has 0 saturated carbocycles. The lowest BCUT2D eigenvalue weighted by molar-refractivity contribution is 0.624. The first-order valence-electron chi connectivity index (χ1n) is 5.62. The lowest BCUT2D eigenvalue weighted by Gasteiger charge is -2.07. The van der Waals surface area contributed by atoms with Gasteiger partial charge in [0, 0.05) is 18.2 Å². The summed E-state index contributed by atoms with van der Waals surface area (Å²) in [6.07, 6.45) is 0.655. The molecule has 2 rings (SSSR count). The number of halogens is 2. The van der Waals surface area contributed by atoms with Crippen molar-refractivity contribution in [1.82, 2.24) is 9.97 Å². The number of rotatable bonds is 3.